The summed E-state index contributed by atoms with van der Waals surface area (Å²) in [5.41, 5.74) is 1.34. The highest BCUT2D eigenvalue weighted by molar-refractivity contribution is 7.10. The highest BCUT2D eigenvalue weighted by Gasteiger charge is 2.21. The molecule has 0 aliphatic rings. The lowest BCUT2D eigenvalue weighted by molar-refractivity contribution is 0.518. The smallest absolute Gasteiger partial charge is 0.191 e. The lowest BCUT2D eigenvalue weighted by Crippen LogP contribution is -2.42. The van der Waals surface area contributed by atoms with Crippen LogP contribution in [0, 0.1) is 0 Å². The molecule has 0 aliphatic heterocycles. The van der Waals surface area contributed by atoms with E-state index in [9.17, 15) is 0 Å². The van der Waals surface area contributed by atoms with Crippen LogP contribution in [0.4, 0.5) is 0 Å². The average Bonchev–Trinajstić information content (AvgIpc) is 3.03. The molecular formula is C17H23N3S. The molecule has 0 fully saturated rings. The van der Waals surface area contributed by atoms with Gasteiger partial charge in [0.25, 0.3) is 0 Å². The second kappa shape index (κ2) is 7.27. The first-order valence-electron chi connectivity index (χ1n) is 7.14. The van der Waals surface area contributed by atoms with Crippen molar-refractivity contribution in [2.75, 3.05) is 13.6 Å². The summed E-state index contributed by atoms with van der Waals surface area (Å²) in [5.74, 6) is 0.837. The molecule has 0 amide bonds. The van der Waals surface area contributed by atoms with Gasteiger partial charge in [0, 0.05) is 30.4 Å². The summed E-state index contributed by atoms with van der Waals surface area (Å²) in [6.07, 6.45) is 0. The van der Waals surface area contributed by atoms with Crippen molar-refractivity contribution in [1.82, 2.24) is 10.6 Å². The van der Waals surface area contributed by atoms with E-state index in [0.717, 1.165) is 19.0 Å². The van der Waals surface area contributed by atoms with E-state index in [1.165, 1.54) is 10.4 Å². The number of benzene rings is 1. The van der Waals surface area contributed by atoms with Crippen LogP contribution in [0.3, 0.4) is 0 Å². The van der Waals surface area contributed by atoms with Crippen molar-refractivity contribution in [3.8, 4) is 0 Å². The Labute approximate surface area is 131 Å². The number of thiophene rings is 1. The van der Waals surface area contributed by atoms with Crippen molar-refractivity contribution in [3.05, 3.63) is 58.3 Å². The monoisotopic (exact) mass is 301 g/mol. The molecule has 0 saturated heterocycles. The third-order valence-electron chi connectivity index (χ3n) is 3.41. The first-order chi connectivity index (χ1) is 10.1. The summed E-state index contributed by atoms with van der Waals surface area (Å²) in [5, 5.41) is 8.88. The zero-order chi connectivity index (χ0) is 15.1. The minimum absolute atomic E-state index is 0.0958. The van der Waals surface area contributed by atoms with Gasteiger partial charge in [-0.3, -0.25) is 4.99 Å². The Morgan fingerprint density at radius 2 is 1.86 bits per heavy atom. The number of guanidine groups is 1. The predicted molar refractivity (Wildman–Crippen MR) is 92.0 cm³/mol. The molecule has 0 saturated carbocycles. The van der Waals surface area contributed by atoms with Crippen LogP contribution in [-0.4, -0.2) is 19.6 Å². The first-order valence-corrected chi connectivity index (χ1v) is 8.02. The Morgan fingerprint density at radius 1 is 1.10 bits per heavy atom. The molecule has 2 N–H and O–H groups in total. The van der Waals surface area contributed by atoms with Crippen LogP contribution in [0.15, 0.2) is 52.8 Å². The lowest BCUT2D eigenvalue weighted by atomic mass is 9.91. The maximum atomic E-state index is 4.29. The molecule has 2 aromatic rings. The summed E-state index contributed by atoms with van der Waals surface area (Å²) in [7, 11) is 1.80. The van der Waals surface area contributed by atoms with Gasteiger partial charge in [-0.15, -0.1) is 11.3 Å². The number of hydrogen-bond acceptors (Lipinski definition) is 2. The van der Waals surface area contributed by atoms with Crippen molar-refractivity contribution in [2.45, 2.75) is 25.8 Å². The van der Waals surface area contributed by atoms with Crippen molar-refractivity contribution in [3.63, 3.8) is 0 Å². The number of nitrogens with zero attached hydrogens (tertiary/aromatic N) is 1. The molecule has 1 aromatic heterocycles. The van der Waals surface area contributed by atoms with Gasteiger partial charge in [-0.25, -0.2) is 0 Å². The molecule has 0 atom stereocenters. The van der Waals surface area contributed by atoms with Crippen molar-refractivity contribution in [1.29, 1.82) is 0 Å². The third kappa shape index (κ3) is 4.60. The topological polar surface area (TPSA) is 36.4 Å². The summed E-state index contributed by atoms with van der Waals surface area (Å²) in [6, 6.07) is 14.6. The SMILES string of the molecule is CN=C(NCc1ccccc1)NCC(C)(C)c1cccs1. The van der Waals surface area contributed by atoms with E-state index >= 15 is 0 Å². The number of hydrogen-bond donors (Lipinski definition) is 2. The number of rotatable bonds is 5. The van der Waals surface area contributed by atoms with Gasteiger partial charge in [-0.2, -0.15) is 0 Å². The molecule has 0 spiro atoms. The fraction of sp³-hybridized carbons (Fsp3) is 0.353. The Bertz CT molecular complexity index is 559. The van der Waals surface area contributed by atoms with E-state index in [1.54, 1.807) is 18.4 Å². The van der Waals surface area contributed by atoms with Crippen LogP contribution in [0.25, 0.3) is 0 Å². The fourth-order valence-electron chi connectivity index (χ4n) is 2.06. The van der Waals surface area contributed by atoms with Crippen molar-refractivity contribution < 1.29 is 0 Å². The molecule has 0 aliphatic carbocycles. The molecule has 1 aromatic carbocycles. The normalized spacial score (nSPS) is 12.2. The first kappa shape index (κ1) is 15.6. The van der Waals surface area contributed by atoms with E-state index in [-0.39, 0.29) is 5.41 Å². The molecule has 3 nitrogen and oxygen atoms in total. The maximum absolute atomic E-state index is 4.29. The van der Waals surface area contributed by atoms with E-state index in [0.29, 0.717) is 0 Å². The Morgan fingerprint density at radius 3 is 2.48 bits per heavy atom. The van der Waals surface area contributed by atoms with Gasteiger partial charge in [0.05, 0.1) is 0 Å². The highest BCUT2D eigenvalue weighted by atomic mass is 32.1. The number of aliphatic imine (C=N–C) groups is 1. The zero-order valence-electron chi connectivity index (χ0n) is 12.9. The van der Waals surface area contributed by atoms with E-state index in [1.807, 2.05) is 18.2 Å². The van der Waals surface area contributed by atoms with Crippen LogP contribution in [0.5, 0.6) is 0 Å². The van der Waals surface area contributed by atoms with Crippen LogP contribution in [0.1, 0.15) is 24.3 Å². The number of nitrogens with one attached hydrogen (secondary N) is 2. The van der Waals surface area contributed by atoms with Crippen LogP contribution >= 0.6 is 11.3 Å². The molecule has 2 rings (SSSR count). The second-order valence-electron chi connectivity index (χ2n) is 5.63. The predicted octanol–water partition coefficient (Wildman–Crippen LogP) is 3.39. The molecule has 4 heteroatoms. The van der Waals surface area contributed by atoms with Gasteiger partial charge in [0.1, 0.15) is 0 Å². The third-order valence-corrected chi connectivity index (χ3v) is 4.65. The lowest BCUT2D eigenvalue weighted by Gasteiger charge is -2.25. The molecule has 112 valence electrons. The summed E-state index contributed by atoms with van der Waals surface area (Å²) >= 11 is 1.80. The molecule has 0 unspecified atom stereocenters. The zero-order valence-corrected chi connectivity index (χ0v) is 13.7. The molecule has 21 heavy (non-hydrogen) atoms. The Kier molecular flexibility index (Phi) is 5.39. The van der Waals surface area contributed by atoms with E-state index < -0.39 is 0 Å². The van der Waals surface area contributed by atoms with Crippen LogP contribution in [-0.2, 0) is 12.0 Å². The maximum Gasteiger partial charge on any atom is 0.191 e. The van der Waals surface area contributed by atoms with Gasteiger partial charge in [-0.1, -0.05) is 50.2 Å². The largest absolute Gasteiger partial charge is 0.356 e. The quantitative estimate of drug-likeness (QED) is 0.656. The van der Waals surface area contributed by atoms with E-state index in [4.69, 9.17) is 0 Å². The highest BCUT2D eigenvalue weighted by Crippen LogP contribution is 2.26. The Balaban J connectivity index is 1.86. The Hall–Kier alpha value is -1.81. The van der Waals surface area contributed by atoms with Crippen LogP contribution < -0.4 is 10.6 Å². The molecule has 0 radical (unpaired) electrons. The average molecular weight is 301 g/mol. The van der Waals surface area contributed by atoms with Crippen molar-refractivity contribution >= 4 is 17.3 Å². The molecule has 0 bridgehead atoms. The van der Waals surface area contributed by atoms with Crippen molar-refractivity contribution in [2.24, 2.45) is 4.99 Å². The fourth-order valence-corrected chi connectivity index (χ4v) is 2.91. The summed E-state index contributed by atoms with van der Waals surface area (Å²) < 4.78 is 0. The van der Waals surface area contributed by atoms with Gasteiger partial charge >= 0.3 is 0 Å². The van der Waals surface area contributed by atoms with E-state index in [2.05, 4.69) is 59.1 Å². The molecule has 1 heterocycles. The molecular weight excluding hydrogens is 278 g/mol. The van der Waals surface area contributed by atoms with Crippen LogP contribution in [0.2, 0.25) is 0 Å². The van der Waals surface area contributed by atoms with Gasteiger partial charge in [-0.05, 0) is 17.0 Å². The second-order valence-corrected chi connectivity index (χ2v) is 6.57. The standard InChI is InChI=1S/C17H23N3S/c1-17(2,15-10-7-11-21-15)13-20-16(18-3)19-12-14-8-5-4-6-9-14/h4-11H,12-13H2,1-3H3,(H2,18,19,20). The minimum Gasteiger partial charge on any atom is -0.356 e. The van der Waals surface area contributed by atoms with Gasteiger partial charge in [0.15, 0.2) is 5.96 Å². The minimum atomic E-state index is 0.0958. The van der Waals surface area contributed by atoms with Gasteiger partial charge < -0.3 is 10.6 Å². The van der Waals surface area contributed by atoms with Gasteiger partial charge in [0.2, 0.25) is 0 Å². The summed E-state index contributed by atoms with van der Waals surface area (Å²) in [4.78, 5) is 5.67. The summed E-state index contributed by atoms with van der Waals surface area (Å²) in [6.45, 7) is 6.12.